The fourth-order valence-electron chi connectivity index (χ4n) is 2.12. The average Bonchev–Trinajstić information content (AvgIpc) is 3.14. The van der Waals surface area contributed by atoms with Crippen LogP contribution in [-0.4, -0.2) is 34.6 Å². The Kier molecular flexibility index (Phi) is 2.40. The lowest BCUT2D eigenvalue weighted by Gasteiger charge is -1.98. The van der Waals surface area contributed by atoms with Crippen molar-refractivity contribution in [2.75, 3.05) is 0 Å². The lowest BCUT2D eigenvalue weighted by molar-refractivity contribution is 0.883. The molecule has 21 heavy (non-hydrogen) atoms. The molecule has 0 spiro atoms. The van der Waals surface area contributed by atoms with Crippen molar-refractivity contribution in [1.29, 1.82) is 0 Å². The number of aromatic amines is 1. The molecule has 0 radical (unpaired) electrons. The van der Waals surface area contributed by atoms with E-state index in [4.69, 9.17) is 0 Å². The van der Waals surface area contributed by atoms with E-state index in [1.54, 1.807) is 40.2 Å². The van der Waals surface area contributed by atoms with Gasteiger partial charge in [0.15, 0.2) is 5.65 Å². The van der Waals surface area contributed by atoms with Gasteiger partial charge in [-0.25, -0.2) is 9.20 Å². The van der Waals surface area contributed by atoms with E-state index in [-0.39, 0.29) is 5.56 Å². The van der Waals surface area contributed by atoms with Crippen LogP contribution in [0.25, 0.3) is 22.5 Å². The van der Waals surface area contributed by atoms with Crippen LogP contribution in [0.2, 0.25) is 0 Å². The van der Waals surface area contributed by atoms with Crippen LogP contribution in [0.5, 0.6) is 0 Å². The number of rotatable bonds is 2. The average molecular weight is 279 g/mol. The van der Waals surface area contributed by atoms with Crippen LogP contribution in [-0.2, 0) is 0 Å². The Balaban J connectivity index is 1.85. The Hall–Kier alpha value is -3.29. The van der Waals surface area contributed by atoms with E-state index in [0.29, 0.717) is 11.3 Å². The number of aromatic nitrogens is 7. The largest absolute Gasteiger partial charge is 0.305 e. The van der Waals surface area contributed by atoms with E-state index in [1.807, 2.05) is 12.3 Å². The van der Waals surface area contributed by atoms with E-state index in [1.165, 1.54) is 6.07 Å². The van der Waals surface area contributed by atoms with Gasteiger partial charge in [0.2, 0.25) is 0 Å². The topological polar surface area (TPSA) is 93.8 Å². The molecule has 1 N–H and O–H groups in total. The highest BCUT2D eigenvalue weighted by atomic mass is 16.1. The van der Waals surface area contributed by atoms with Gasteiger partial charge in [0.05, 0.1) is 24.8 Å². The molecule has 0 saturated heterocycles. The van der Waals surface area contributed by atoms with Crippen molar-refractivity contribution >= 4 is 5.65 Å². The molecule has 102 valence electrons. The van der Waals surface area contributed by atoms with Gasteiger partial charge in [0, 0.05) is 29.6 Å². The van der Waals surface area contributed by atoms with Crippen molar-refractivity contribution in [2.24, 2.45) is 0 Å². The Labute approximate surface area is 117 Å². The molecule has 4 heterocycles. The maximum absolute atomic E-state index is 11.5. The summed E-state index contributed by atoms with van der Waals surface area (Å²) in [5, 5.41) is 16.1. The fraction of sp³-hybridized carbons (Fsp3) is 0. The second kappa shape index (κ2) is 4.37. The maximum Gasteiger partial charge on any atom is 0.251 e. The Morgan fingerprint density at radius 1 is 1.00 bits per heavy atom. The molecule has 0 bridgehead atoms. The summed E-state index contributed by atoms with van der Waals surface area (Å²) < 4.78 is 3.25. The Morgan fingerprint density at radius 3 is 2.81 bits per heavy atom. The third-order valence-electron chi connectivity index (χ3n) is 3.13. The van der Waals surface area contributed by atoms with E-state index in [2.05, 4.69) is 25.4 Å². The summed E-state index contributed by atoms with van der Waals surface area (Å²) in [6.07, 6.45) is 10.1. The minimum atomic E-state index is -0.185. The monoisotopic (exact) mass is 279 g/mol. The third kappa shape index (κ3) is 1.89. The molecule has 4 aromatic heterocycles. The number of hydrogen-bond acceptors (Lipinski definition) is 5. The quantitative estimate of drug-likeness (QED) is 0.582. The number of nitrogens with one attached hydrogen (secondary N) is 1. The van der Waals surface area contributed by atoms with Crippen LogP contribution in [0, 0.1) is 0 Å². The highest BCUT2D eigenvalue weighted by Crippen LogP contribution is 2.19. The molecule has 8 nitrogen and oxygen atoms in total. The van der Waals surface area contributed by atoms with Crippen molar-refractivity contribution in [2.45, 2.75) is 0 Å². The van der Waals surface area contributed by atoms with Gasteiger partial charge < -0.3 is 4.98 Å². The standard InChI is InChI=1S/C13H9N7O/c21-12-2-4-19-13(18-12)11(7-17-19)20-8-10(6-16-20)9-1-3-14-15-5-9/h1-8H,(H,18,21). The summed E-state index contributed by atoms with van der Waals surface area (Å²) in [6, 6.07) is 3.27. The van der Waals surface area contributed by atoms with Gasteiger partial charge in [-0.2, -0.15) is 20.4 Å². The minimum absolute atomic E-state index is 0.185. The highest BCUT2D eigenvalue weighted by Gasteiger charge is 2.09. The van der Waals surface area contributed by atoms with Gasteiger partial charge in [-0.1, -0.05) is 0 Å². The number of fused-ring (bicyclic) bond motifs is 1. The number of nitrogens with zero attached hydrogens (tertiary/aromatic N) is 6. The molecule has 0 aliphatic rings. The van der Waals surface area contributed by atoms with Crippen molar-refractivity contribution in [3.63, 3.8) is 0 Å². The van der Waals surface area contributed by atoms with Gasteiger partial charge in [0.25, 0.3) is 5.56 Å². The zero-order valence-corrected chi connectivity index (χ0v) is 10.7. The van der Waals surface area contributed by atoms with E-state index in [0.717, 1.165) is 11.1 Å². The summed E-state index contributed by atoms with van der Waals surface area (Å²) in [5.74, 6) is 0. The molecule has 0 saturated carbocycles. The minimum Gasteiger partial charge on any atom is -0.305 e. The van der Waals surface area contributed by atoms with E-state index in [9.17, 15) is 4.79 Å². The van der Waals surface area contributed by atoms with Crippen LogP contribution in [0.1, 0.15) is 0 Å². The predicted octanol–water partition coefficient (Wildman–Crippen LogP) is 0.665. The number of hydrogen-bond donors (Lipinski definition) is 1. The SMILES string of the molecule is O=c1ccn2ncc(-n3cc(-c4ccnnc4)cn3)c2[nH]1. The van der Waals surface area contributed by atoms with Crippen molar-refractivity contribution in [1.82, 2.24) is 34.6 Å². The summed E-state index contributed by atoms with van der Waals surface area (Å²) in [7, 11) is 0. The lowest BCUT2D eigenvalue weighted by Crippen LogP contribution is -2.07. The molecule has 0 amide bonds. The van der Waals surface area contributed by atoms with Crippen LogP contribution < -0.4 is 5.56 Å². The molecule has 8 heteroatoms. The van der Waals surface area contributed by atoms with Gasteiger partial charge in [0.1, 0.15) is 5.69 Å². The first kappa shape index (κ1) is 11.5. The predicted molar refractivity (Wildman–Crippen MR) is 74.0 cm³/mol. The third-order valence-corrected chi connectivity index (χ3v) is 3.13. The zero-order chi connectivity index (χ0) is 14.2. The summed E-state index contributed by atoms with van der Waals surface area (Å²) >= 11 is 0. The smallest absolute Gasteiger partial charge is 0.251 e. The molecule has 4 rings (SSSR count). The molecular weight excluding hydrogens is 270 g/mol. The van der Waals surface area contributed by atoms with Gasteiger partial charge >= 0.3 is 0 Å². The molecule has 0 fully saturated rings. The number of H-pyrrole nitrogens is 1. The van der Waals surface area contributed by atoms with Gasteiger partial charge in [-0.05, 0) is 6.07 Å². The van der Waals surface area contributed by atoms with Crippen molar-refractivity contribution < 1.29 is 0 Å². The molecule has 0 atom stereocenters. The van der Waals surface area contributed by atoms with Gasteiger partial charge in [-0.3, -0.25) is 4.79 Å². The van der Waals surface area contributed by atoms with E-state index < -0.39 is 0 Å². The highest BCUT2D eigenvalue weighted by molar-refractivity contribution is 5.63. The Morgan fingerprint density at radius 2 is 1.95 bits per heavy atom. The molecule has 0 unspecified atom stereocenters. The molecular formula is C13H9N7O. The van der Waals surface area contributed by atoms with Crippen molar-refractivity contribution in [3.8, 4) is 16.8 Å². The van der Waals surface area contributed by atoms with Crippen LogP contribution >= 0.6 is 0 Å². The first-order valence-electron chi connectivity index (χ1n) is 6.20. The van der Waals surface area contributed by atoms with Crippen LogP contribution in [0.4, 0.5) is 0 Å². The maximum atomic E-state index is 11.5. The van der Waals surface area contributed by atoms with Crippen LogP contribution in [0.15, 0.2) is 54.1 Å². The normalized spacial score (nSPS) is 11.0. The summed E-state index contributed by atoms with van der Waals surface area (Å²) in [4.78, 5) is 14.2. The second-order valence-corrected chi connectivity index (χ2v) is 4.43. The van der Waals surface area contributed by atoms with Gasteiger partial charge in [-0.15, -0.1) is 0 Å². The summed E-state index contributed by atoms with van der Waals surface area (Å²) in [6.45, 7) is 0. The van der Waals surface area contributed by atoms with Crippen molar-refractivity contribution in [3.05, 3.63) is 59.7 Å². The molecule has 4 aromatic rings. The lowest BCUT2D eigenvalue weighted by atomic mass is 10.2. The first-order chi connectivity index (χ1) is 10.3. The zero-order valence-electron chi connectivity index (χ0n) is 10.7. The van der Waals surface area contributed by atoms with E-state index >= 15 is 0 Å². The molecule has 0 aromatic carbocycles. The summed E-state index contributed by atoms with van der Waals surface area (Å²) in [5.41, 5.74) is 2.92. The molecule has 0 aliphatic carbocycles. The Bertz CT molecular complexity index is 967. The first-order valence-corrected chi connectivity index (χ1v) is 6.20. The van der Waals surface area contributed by atoms with Crippen LogP contribution in [0.3, 0.4) is 0 Å². The second-order valence-electron chi connectivity index (χ2n) is 4.43. The molecule has 0 aliphatic heterocycles. The fourth-order valence-corrected chi connectivity index (χ4v) is 2.12.